The second kappa shape index (κ2) is 13.8. The molecule has 0 radical (unpaired) electrons. The van der Waals surface area contributed by atoms with Gasteiger partial charge in [0.05, 0.1) is 0 Å². The Hall–Kier alpha value is -4.67. The number of aromatic nitrogens is 3. The minimum absolute atomic E-state index is 0.00479. The highest BCUT2D eigenvalue weighted by atomic mass is 32.2. The number of β-lactam (4-membered cyclic amide) rings is 1. The summed E-state index contributed by atoms with van der Waals surface area (Å²) in [5.74, 6) is -4.71. The van der Waals surface area contributed by atoms with E-state index in [0.717, 1.165) is 23.5 Å². The summed E-state index contributed by atoms with van der Waals surface area (Å²) in [6.45, 7) is 2.55. The Bertz CT molecular complexity index is 1790. The number of nitrogens with two attached hydrogens (primary N) is 1. The number of carboxylic acids is 1. The molecule has 254 valence electrons. The molecule has 2 aromatic heterocycles. The van der Waals surface area contributed by atoms with Crippen LogP contribution < -0.4 is 21.9 Å². The second-order valence-corrected chi connectivity index (χ2v) is 15.0. The van der Waals surface area contributed by atoms with E-state index >= 15 is 0 Å². The van der Waals surface area contributed by atoms with Crippen molar-refractivity contribution in [1.82, 2.24) is 36.2 Å². The zero-order chi connectivity index (χ0) is 34.8. The van der Waals surface area contributed by atoms with E-state index in [1.165, 1.54) is 65.1 Å². The van der Waals surface area contributed by atoms with E-state index in [-0.39, 0.29) is 34.4 Å². The van der Waals surface area contributed by atoms with Crippen molar-refractivity contribution in [3.8, 4) is 11.5 Å². The van der Waals surface area contributed by atoms with E-state index < -0.39 is 69.2 Å². The number of thiazole rings is 1. The first-order valence-corrected chi connectivity index (χ1v) is 17.5. The van der Waals surface area contributed by atoms with Crippen LogP contribution in [-0.4, -0.2) is 106 Å². The van der Waals surface area contributed by atoms with E-state index in [1.807, 2.05) is 0 Å². The molecular formula is C26H27N9O9S4. The largest absolute Gasteiger partial charge is 0.504 e. The lowest BCUT2D eigenvalue weighted by molar-refractivity contribution is -0.157. The average Bonchev–Trinajstić information content (AvgIpc) is 3.74. The number of aromatic hydroxyl groups is 2. The van der Waals surface area contributed by atoms with Crippen molar-refractivity contribution in [2.75, 3.05) is 23.8 Å². The van der Waals surface area contributed by atoms with Crippen molar-refractivity contribution in [3.05, 3.63) is 40.3 Å². The number of carbonyl (C=O) groups is 5. The van der Waals surface area contributed by atoms with Crippen molar-refractivity contribution in [3.63, 3.8) is 0 Å². The summed E-state index contributed by atoms with van der Waals surface area (Å²) in [4.78, 5) is 75.1. The molecule has 2 aliphatic rings. The predicted molar refractivity (Wildman–Crippen MR) is 174 cm³/mol. The van der Waals surface area contributed by atoms with Crippen LogP contribution in [0, 0.1) is 5.41 Å². The normalized spacial score (nSPS) is 20.7. The minimum Gasteiger partial charge on any atom is -0.504 e. The van der Waals surface area contributed by atoms with Gasteiger partial charge in [-0.1, -0.05) is 28.3 Å². The number of thioether (sulfide) groups is 2. The average molecular weight is 738 g/mol. The van der Waals surface area contributed by atoms with Crippen LogP contribution >= 0.6 is 46.2 Å². The standard InChI is InChI=1S/C26H27N9O9S4/c1-25(2,21(41)32-31-17(38)11-3-4-13(36)14(37)5-11)44-34-15(12-6-45-23(27)29-12)18(39)30-16-19(40)35-7-26(22(42)43,8-46-20(16)35)9-47-24-33-28-10-48-24/h3-6,10,16,20,36-37H,7-9H2,1-2H3,(H2,27,29)(H,30,39)(H,31,38)(H,32,41)(H,42,43)/t16?,20-,26?/m1/s1. The van der Waals surface area contributed by atoms with Crippen molar-refractivity contribution in [2.24, 2.45) is 10.6 Å². The molecule has 48 heavy (non-hydrogen) atoms. The van der Waals surface area contributed by atoms with Gasteiger partial charge in [0.1, 0.15) is 28.0 Å². The molecule has 2 aliphatic heterocycles. The molecule has 3 aromatic rings. The quantitative estimate of drug-likeness (QED) is 0.0456. The molecule has 2 saturated heterocycles. The number of oxime groups is 1. The van der Waals surface area contributed by atoms with Crippen LogP contribution in [0.15, 0.2) is 38.6 Å². The lowest BCUT2D eigenvalue weighted by Gasteiger charge is -2.53. The third kappa shape index (κ3) is 7.24. The predicted octanol–water partition coefficient (Wildman–Crippen LogP) is 0.212. The van der Waals surface area contributed by atoms with Crippen LogP contribution in [0.2, 0.25) is 0 Å². The molecule has 0 saturated carbocycles. The monoisotopic (exact) mass is 737 g/mol. The van der Waals surface area contributed by atoms with Gasteiger partial charge >= 0.3 is 5.97 Å². The number of hydrazine groups is 1. The number of nitrogens with one attached hydrogen (secondary N) is 3. The molecule has 22 heteroatoms. The van der Waals surface area contributed by atoms with Crippen molar-refractivity contribution >= 4 is 86.6 Å². The zero-order valence-corrected chi connectivity index (χ0v) is 28.2. The summed E-state index contributed by atoms with van der Waals surface area (Å²) in [5.41, 5.74) is 8.14. The summed E-state index contributed by atoms with van der Waals surface area (Å²) in [6, 6.07) is 2.31. The third-order valence-electron chi connectivity index (χ3n) is 7.12. The van der Waals surface area contributed by atoms with Gasteiger partial charge < -0.3 is 36.1 Å². The van der Waals surface area contributed by atoms with Gasteiger partial charge in [0, 0.05) is 29.0 Å². The second-order valence-electron chi connectivity index (χ2n) is 10.9. The van der Waals surface area contributed by atoms with E-state index in [0.29, 0.717) is 4.34 Å². The van der Waals surface area contributed by atoms with E-state index in [2.05, 4.69) is 36.5 Å². The van der Waals surface area contributed by atoms with Crippen molar-refractivity contribution < 1.29 is 44.1 Å². The molecule has 2 fully saturated rings. The highest BCUT2D eigenvalue weighted by Gasteiger charge is 2.57. The van der Waals surface area contributed by atoms with Crippen molar-refractivity contribution in [2.45, 2.75) is 35.2 Å². The Labute approximate surface area is 287 Å². The van der Waals surface area contributed by atoms with Crippen molar-refractivity contribution in [1.29, 1.82) is 0 Å². The third-order valence-corrected chi connectivity index (χ3v) is 11.5. The number of phenols is 2. The van der Waals surface area contributed by atoms with Crippen LogP contribution in [0.4, 0.5) is 5.13 Å². The number of phenolic OH excluding ortho intramolecular Hbond substituents is 2. The van der Waals surface area contributed by atoms with Gasteiger partial charge in [-0.2, -0.15) is 0 Å². The van der Waals surface area contributed by atoms with Gasteiger partial charge in [-0.05, 0) is 32.0 Å². The Balaban J connectivity index is 1.23. The molecule has 0 bridgehead atoms. The smallest absolute Gasteiger partial charge is 0.313 e. The first kappa shape index (κ1) is 34.7. The fraction of sp³-hybridized carbons (Fsp3) is 0.346. The minimum atomic E-state index is -1.77. The number of nitrogen functional groups attached to an aromatic ring is 1. The van der Waals surface area contributed by atoms with Crippen LogP contribution in [0.5, 0.6) is 11.5 Å². The maximum absolute atomic E-state index is 13.5. The first-order valence-electron chi connectivity index (χ1n) is 13.7. The number of carboxylic acid groups (broad SMARTS) is 1. The lowest BCUT2D eigenvalue weighted by atomic mass is 9.89. The maximum atomic E-state index is 13.5. The molecular weight excluding hydrogens is 711 g/mol. The summed E-state index contributed by atoms with van der Waals surface area (Å²) < 4.78 is 0.611. The Morgan fingerprint density at radius 1 is 1.21 bits per heavy atom. The van der Waals surface area contributed by atoms with Crippen LogP contribution in [0.3, 0.4) is 0 Å². The summed E-state index contributed by atoms with van der Waals surface area (Å²) >= 11 is 4.77. The number of rotatable bonds is 11. The molecule has 5 rings (SSSR count). The number of fused-ring (bicyclic) bond motifs is 1. The lowest BCUT2D eigenvalue weighted by Crippen LogP contribution is -2.74. The number of hydrogen-bond acceptors (Lipinski definition) is 17. The van der Waals surface area contributed by atoms with Crippen LogP contribution in [0.25, 0.3) is 0 Å². The highest BCUT2D eigenvalue weighted by molar-refractivity contribution is 8.01. The molecule has 1 aromatic carbocycles. The van der Waals surface area contributed by atoms with E-state index in [4.69, 9.17) is 10.6 Å². The van der Waals surface area contributed by atoms with Gasteiger partial charge in [0.25, 0.3) is 17.7 Å². The Morgan fingerprint density at radius 2 is 1.98 bits per heavy atom. The summed E-state index contributed by atoms with van der Waals surface area (Å²) in [5, 5.41) is 44.3. The number of benzene rings is 1. The van der Waals surface area contributed by atoms with E-state index in [9.17, 15) is 39.3 Å². The number of hydrogen-bond donors (Lipinski definition) is 7. The Morgan fingerprint density at radius 3 is 2.62 bits per heavy atom. The SMILES string of the molecule is CC(C)(ON=C(C(=O)NC1C(=O)N2CC(CSc3nncs3)(C(=O)O)CS[C@H]12)c1csc(N)n1)C(=O)NNC(=O)c1ccc(O)c(O)c1. The molecule has 0 spiro atoms. The first-order chi connectivity index (χ1) is 22.7. The number of nitrogens with zero attached hydrogens (tertiary/aromatic N) is 5. The fourth-order valence-corrected chi connectivity index (χ4v) is 8.24. The Kier molecular flexibility index (Phi) is 9.98. The molecule has 3 atom stereocenters. The molecule has 4 amide bonds. The van der Waals surface area contributed by atoms with Gasteiger partial charge in [-0.25, -0.2) is 4.98 Å². The van der Waals surface area contributed by atoms with Gasteiger partial charge in [-0.3, -0.25) is 34.8 Å². The highest BCUT2D eigenvalue weighted by Crippen LogP contribution is 2.44. The topological polar surface area (TPSA) is 272 Å². The number of anilines is 1. The molecule has 0 aliphatic carbocycles. The van der Waals surface area contributed by atoms with Crippen LogP contribution in [0.1, 0.15) is 29.9 Å². The molecule has 8 N–H and O–H groups in total. The summed E-state index contributed by atoms with van der Waals surface area (Å²) in [7, 11) is 0. The van der Waals surface area contributed by atoms with Crippen LogP contribution in [-0.2, 0) is 24.0 Å². The van der Waals surface area contributed by atoms with Gasteiger partial charge in [0.15, 0.2) is 26.7 Å². The molecule has 4 heterocycles. The number of amides is 4. The number of aliphatic carboxylic acids is 1. The van der Waals surface area contributed by atoms with Gasteiger partial charge in [0.2, 0.25) is 11.5 Å². The summed E-state index contributed by atoms with van der Waals surface area (Å²) in [6.07, 6.45) is 0. The van der Waals surface area contributed by atoms with E-state index in [1.54, 1.807) is 5.51 Å². The fourth-order valence-electron chi connectivity index (χ4n) is 4.34. The molecule has 2 unspecified atom stereocenters. The van der Waals surface area contributed by atoms with Gasteiger partial charge in [-0.15, -0.1) is 33.3 Å². The number of carbonyl (C=O) groups excluding carboxylic acids is 4. The maximum Gasteiger partial charge on any atom is 0.313 e. The molecule has 18 nitrogen and oxygen atoms in total. The zero-order valence-electron chi connectivity index (χ0n) is 24.9.